The zero-order valence-corrected chi connectivity index (χ0v) is 17.7. The van der Waals surface area contributed by atoms with Crippen LogP contribution in [-0.4, -0.2) is 22.8 Å². The largest absolute Gasteiger partial charge is 0.350 e. The highest BCUT2D eigenvalue weighted by Crippen LogP contribution is 2.15. The molecule has 0 heterocycles. The number of benzene rings is 3. The SMILES string of the molecule is CC(C(=O)NCc1ccccc1)N(Cc1ccc(Cl)cc1)C(=O)Cc1ccccc1. The fraction of sp³-hybridized carbons (Fsp3) is 0.200. The molecule has 1 atom stereocenters. The van der Waals surface area contributed by atoms with Crippen LogP contribution in [0.5, 0.6) is 0 Å². The smallest absolute Gasteiger partial charge is 0.242 e. The quantitative estimate of drug-likeness (QED) is 0.578. The van der Waals surface area contributed by atoms with Gasteiger partial charge >= 0.3 is 0 Å². The minimum atomic E-state index is -0.611. The molecule has 30 heavy (non-hydrogen) atoms. The number of hydrogen-bond donors (Lipinski definition) is 1. The van der Waals surface area contributed by atoms with Crippen LogP contribution in [0.1, 0.15) is 23.6 Å². The van der Waals surface area contributed by atoms with E-state index in [1.54, 1.807) is 24.0 Å². The lowest BCUT2D eigenvalue weighted by molar-refractivity contribution is -0.140. The lowest BCUT2D eigenvalue weighted by Gasteiger charge is -2.29. The maximum Gasteiger partial charge on any atom is 0.242 e. The van der Waals surface area contributed by atoms with Crippen molar-refractivity contribution >= 4 is 23.4 Å². The summed E-state index contributed by atoms with van der Waals surface area (Å²) in [5.74, 6) is -0.285. The van der Waals surface area contributed by atoms with Gasteiger partial charge in [0.25, 0.3) is 0 Å². The van der Waals surface area contributed by atoms with Crippen molar-refractivity contribution in [2.45, 2.75) is 32.5 Å². The molecule has 3 rings (SSSR count). The van der Waals surface area contributed by atoms with Crippen molar-refractivity contribution in [3.05, 3.63) is 107 Å². The number of nitrogens with one attached hydrogen (secondary N) is 1. The lowest BCUT2D eigenvalue weighted by Crippen LogP contribution is -2.47. The molecule has 2 amide bonds. The first-order chi connectivity index (χ1) is 14.5. The number of amides is 2. The highest BCUT2D eigenvalue weighted by Gasteiger charge is 2.26. The van der Waals surface area contributed by atoms with Crippen molar-refractivity contribution in [3.63, 3.8) is 0 Å². The Morgan fingerprint density at radius 3 is 2.00 bits per heavy atom. The molecular weight excluding hydrogens is 396 g/mol. The molecule has 0 aliphatic rings. The Balaban J connectivity index is 1.73. The predicted molar refractivity (Wildman–Crippen MR) is 120 cm³/mol. The maximum atomic E-state index is 13.1. The average Bonchev–Trinajstić information content (AvgIpc) is 2.78. The van der Waals surface area contributed by atoms with Gasteiger partial charge in [-0.1, -0.05) is 84.4 Å². The molecule has 0 fully saturated rings. The van der Waals surface area contributed by atoms with Crippen molar-refractivity contribution in [2.75, 3.05) is 0 Å². The predicted octanol–water partition coefficient (Wildman–Crippen LogP) is 4.62. The van der Waals surface area contributed by atoms with Gasteiger partial charge in [0.15, 0.2) is 0 Å². The Hall–Kier alpha value is -3.11. The van der Waals surface area contributed by atoms with E-state index in [1.807, 2.05) is 72.8 Å². The molecule has 0 bridgehead atoms. The second-order valence-electron chi connectivity index (χ2n) is 7.19. The van der Waals surface area contributed by atoms with E-state index < -0.39 is 6.04 Å². The van der Waals surface area contributed by atoms with Crippen LogP contribution in [0.4, 0.5) is 0 Å². The van der Waals surface area contributed by atoms with Crippen LogP contribution < -0.4 is 5.32 Å². The molecule has 1 unspecified atom stereocenters. The van der Waals surface area contributed by atoms with Crippen LogP contribution in [0.2, 0.25) is 5.02 Å². The van der Waals surface area contributed by atoms with Gasteiger partial charge in [-0.2, -0.15) is 0 Å². The van der Waals surface area contributed by atoms with Gasteiger partial charge in [0.05, 0.1) is 6.42 Å². The van der Waals surface area contributed by atoms with Crippen LogP contribution >= 0.6 is 11.6 Å². The number of carbonyl (C=O) groups is 2. The zero-order valence-electron chi connectivity index (χ0n) is 16.9. The molecule has 4 nitrogen and oxygen atoms in total. The van der Waals surface area contributed by atoms with Crippen LogP contribution in [0.25, 0.3) is 0 Å². The van der Waals surface area contributed by atoms with E-state index >= 15 is 0 Å². The first-order valence-electron chi connectivity index (χ1n) is 9.92. The van der Waals surface area contributed by atoms with Crippen molar-refractivity contribution in [3.8, 4) is 0 Å². The second-order valence-corrected chi connectivity index (χ2v) is 7.63. The minimum Gasteiger partial charge on any atom is -0.350 e. The van der Waals surface area contributed by atoms with E-state index in [-0.39, 0.29) is 18.2 Å². The summed E-state index contributed by atoms with van der Waals surface area (Å²) in [7, 11) is 0. The van der Waals surface area contributed by atoms with Crippen LogP contribution in [0.3, 0.4) is 0 Å². The van der Waals surface area contributed by atoms with Gasteiger partial charge in [0, 0.05) is 18.1 Å². The summed E-state index contributed by atoms with van der Waals surface area (Å²) in [5.41, 5.74) is 2.85. The third-order valence-corrected chi connectivity index (χ3v) is 5.19. The zero-order chi connectivity index (χ0) is 21.3. The lowest BCUT2D eigenvalue weighted by atomic mass is 10.1. The summed E-state index contributed by atoms with van der Waals surface area (Å²) in [6, 6.07) is 26.0. The number of hydrogen-bond acceptors (Lipinski definition) is 2. The van der Waals surface area contributed by atoms with E-state index in [0.717, 1.165) is 16.7 Å². The molecule has 0 saturated carbocycles. The first-order valence-corrected chi connectivity index (χ1v) is 10.3. The topological polar surface area (TPSA) is 49.4 Å². The molecule has 0 aliphatic carbocycles. The van der Waals surface area contributed by atoms with Gasteiger partial charge < -0.3 is 10.2 Å². The Morgan fingerprint density at radius 1 is 0.833 bits per heavy atom. The molecule has 3 aromatic carbocycles. The molecule has 5 heteroatoms. The third-order valence-electron chi connectivity index (χ3n) is 4.94. The number of rotatable bonds is 8. The normalized spacial score (nSPS) is 11.5. The standard InChI is InChI=1S/C25H25ClN2O2/c1-19(25(30)27-17-21-10-6-3-7-11-21)28(18-22-12-14-23(26)15-13-22)24(29)16-20-8-4-2-5-9-20/h2-15,19H,16-18H2,1H3,(H,27,30). The Kier molecular flexibility index (Phi) is 7.63. The maximum absolute atomic E-state index is 13.1. The van der Waals surface area contributed by atoms with Gasteiger partial charge in [-0.25, -0.2) is 0 Å². The van der Waals surface area contributed by atoms with Crippen LogP contribution in [0.15, 0.2) is 84.9 Å². The van der Waals surface area contributed by atoms with Crippen LogP contribution in [-0.2, 0) is 29.1 Å². The highest BCUT2D eigenvalue weighted by molar-refractivity contribution is 6.30. The van der Waals surface area contributed by atoms with Crippen LogP contribution in [0, 0.1) is 0 Å². The highest BCUT2D eigenvalue weighted by atomic mass is 35.5. The number of carbonyl (C=O) groups excluding carboxylic acids is 2. The van der Waals surface area contributed by atoms with E-state index in [0.29, 0.717) is 18.1 Å². The van der Waals surface area contributed by atoms with Gasteiger partial charge in [-0.3, -0.25) is 9.59 Å². The molecule has 0 aliphatic heterocycles. The monoisotopic (exact) mass is 420 g/mol. The van der Waals surface area contributed by atoms with E-state index in [2.05, 4.69) is 5.32 Å². The molecule has 0 radical (unpaired) electrons. The first kappa shape index (κ1) is 21.6. The second kappa shape index (κ2) is 10.6. The molecule has 0 spiro atoms. The van der Waals surface area contributed by atoms with Gasteiger partial charge in [-0.15, -0.1) is 0 Å². The van der Waals surface area contributed by atoms with E-state index in [1.165, 1.54) is 0 Å². The van der Waals surface area contributed by atoms with Gasteiger partial charge in [0.2, 0.25) is 11.8 Å². The minimum absolute atomic E-state index is 0.0986. The third kappa shape index (κ3) is 6.19. The van der Waals surface area contributed by atoms with Crippen molar-refractivity contribution in [1.29, 1.82) is 0 Å². The van der Waals surface area contributed by atoms with E-state index in [4.69, 9.17) is 11.6 Å². The summed E-state index contributed by atoms with van der Waals surface area (Å²) in [4.78, 5) is 27.6. The summed E-state index contributed by atoms with van der Waals surface area (Å²) in [6.07, 6.45) is 0.241. The fourth-order valence-corrected chi connectivity index (χ4v) is 3.30. The molecule has 0 aromatic heterocycles. The van der Waals surface area contributed by atoms with Crippen molar-refractivity contribution in [2.24, 2.45) is 0 Å². The summed E-state index contributed by atoms with van der Waals surface area (Å²) >= 11 is 5.99. The Labute approximate surface area is 182 Å². The van der Waals surface area contributed by atoms with Crippen molar-refractivity contribution in [1.82, 2.24) is 10.2 Å². The molecule has 1 N–H and O–H groups in total. The average molecular weight is 421 g/mol. The van der Waals surface area contributed by atoms with Gasteiger partial charge in [0.1, 0.15) is 6.04 Å². The Morgan fingerprint density at radius 2 is 1.40 bits per heavy atom. The molecule has 154 valence electrons. The summed E-state index contributed by atoms with van der Waals surface area (Å²) in [6.45, 7) is 2.52. The summed E-state index contributed by atoms with van der Waals surface area (Å²) < 4.78 is 0. The van der Waals surface area contributed by atoms with Crippen molar-refractivity contribution < 1.29 is 9.59 Å². The van der Waals surface area contributed by atoms with E-state index in [9.17, 15) is 9.59 Å². The molecular formula is C25H25ClN2O2. The Bertz CT molecular complexity index is 959. The summed E-state index contributed by atoms with van der Waals surface area (Å²) in [5, 5.41) is 3.57. The molecule has 3 aromatic rings. The number of halogens is 1. The fourth-order valence-electron chi connectivity index (χ4n) is 3.17. The molecule has 0 saturated heterocycles. The van der Waals surface area contributed by atoms with Gasteiger partial charge in [-0.05, 0) is 35.7 Å². The number of nitrogens with zero attached hydrogens (tertiary/aromatic N) is 1.